The van der Waals surface area contributed by atoms with Gasteiger partial charge in [-0.15, -0.1) is 4.79 Å². The number of nitrogens with zero attached hydrogens (tertiary/aromatic N) is 1. The summed E-state index contributed by atoms with van der Waals surface area (Å²) in [6.45, 7) is 4.96. The molecule has 0 aliphatic rings. The van der Waals surface area contributed by atoms with Crippen LogP contribution in [0.1, 0.15) is 16.8 Å². The fraction of sp³-hybridized carbons (Fsp3) is 0.375. The van der Waals surface area contributed by atoms with Crippen LogP contribution in [0.3, 0.4) is 0 Å². The zero-order chi connectivity index (χ0) is 8.59. The lowest BCUT2D eigenvalue weighted by molar-refractivity contribution is 0.339. The van der Waals surface area contributed by atoms with E-state index in [2.05, 4.69) is 0 Å². The Morgan fingerprint density at radius 1 is 1.27 bits per heavy atom. The number of hydrogen-bond donors (Lipinski definition) is 0. The van der Waals surface area contributed by atoms with Gasteiger partial charge in [0.25, 0.3) is 5.56 Å². The highest BCUT2D eigenvalue weighted by Crippen LogP contribution is 2.04. The summed E-state index contributed by atoms with van der Waals surface area (Å²) in [6, 6.07) is 1.69. The molecule has 0 saturated heterocycles. The first kappa shape index (κ1) is 7.98. The maximum atomic E-state index is 12.9. The van der Waals surface area contributed by atoms with Gasteiger partial charge < -0.3 is 0 Å². The minimum absolute atomic E-state index is 0.185. The molecule has 60 valence electrons. The molecule has 0 aliphatic carbocycles. The highest BCUT2D eigenvalue weighted by atomic mass is 19.2. The summed E-state index contributed by atoms with van der Waals surface area (Å²) >= 11 is 0. The quantitative estimate of drug-likeness (QED) is 0.556. The second kappa shape index (κ2) is 2.49. The number of halogens is 1. The molecule has 0 spiro atoms. The van der Waals surface area contributed by atoms with Crippen LogP contribution in [0.4, 0.5) is 4.48 Å². The Morgan fingerprint density at radius 2 is 1.82 bits per heavy atom. The fourth-order valence-electron chi connectivity index (χ4n) is 0.953. The van der Waals surface area contributed by atoms with Crippen LogP contribution in [0, 0.1) is 20.8 Å². The van der Waals surface area contributed by atoms with Gasteiger partial charge in [0.1, 0.15) is 0 Å². The largest absolute Gasteiger partial charge is 0.281 e. The Labute approximate surface area is 64.2 Å². The molecule has 0 radical (unpaired) electrons. The van der Waals surface area contributed by atoms with Crippen LogP contribution >= 0.6 is 0 Å². The highest BCUT2D eigenvalue weighted by Gasteiger charge is 2.04. The van der Waals surface area contributed by atoms with Crippen molar-refractivity contribution in [2.24, 2.45) is 0 Å². The van der Waals surface area contributed by atoms with E-state index in [-0.39, 0.29) is 4.79 Å². The van der Waals surface area contributed by atoms with Gasteiger partial charge in [-0.2, -0.15) is 0 Å². The van der Waals surface area contributed by atoms with Crippen LogP contribution in [0.25, 0.3) is 0 Å². The van der Waals surface area contributed by atoms with E-state index >= 15 is 0 Å². The molecule has 3 heteroatoms. The van der Waals surface area contributed by atoms with Gasteiger partial charge in [-0.3, -0.25) is 4.79 Å². The molecule has 0 fully saturated rings. The lowest BCUT2D eigenvalue weighted by Gasteiger charge is -2.03. The van der Waals surface area contributed by atoms with Crippen LogP contribution in [0.5, 0.6) is 0 Å². The summed E-state index contributed by atoms with van der Waals surface area (Å²) in [4.78, 5) is 11.1. The van der Waals surface area contributed by atoms with Crippen LogP contribution in [-0.4, -0.2) is 4.79 Å². The topological polar surface area (TPSA) is 22.0 Å². The van der Waals surface area contributed by atoms with E-state index in [1.54, 1.807) is 26.8 Å². The van der Waals surface area contributed by atoms with Gasteiger partial charge in [-0.1, -0.05) is 4.48 Å². The average Bonchev–Trinajstić information content (AvgIpc) is 1.97. The van der Waals surface area contributed by atoms with Gasteiger partial charge in [0, 0.05) is 5.56 Å². The first-order chi connectivity index (χ1) is 5.04. The van der Waals surface area contributed by atoms with Crippen molar-refractivity contribution in [3.8, 4) is 0 Å². The molecule has 0 unspecified atom stereocenters. The summed E-state index contributed by atoms with van der Waals surface area (Å²) in [5.74, 6) is 0. The third-order valence-electron chi connectivity index (χ3n) is 1.81. The maximum Gasteiger partial charge on any atom is 0.281 e. The average molecular weight is 155 g/mol. The van der Waals surface area contributed by atoms with Gasteiger partial charge >= 0.3 is 0 Å². The normalized spacial score (nSPS) is 10.2. The Balaban J connectivity index is 3.59. The van der Waals surface area contributed by atoms with Crippen LogP contribution in [-0.2, 0) is 0 Å². The highest BCUT2D eigenvalue weighted by molar-refractivity contribution is 5.22. The minimum atomic E-state index is -0.562. The standard InChI is InChI=1S/C8H10FNO/c1-5-4-6(2)8(11)10(9)7(5)3/h4H,1-3H3. The van der Waals surface area contributed by atoms with E-state index in [0.29, 0.717) is 11.3 Å². The molecule has 1 heterocycles. The molecule has 0 atom stereocenters. The Bertz CT molecular complexity index is 341. The third-order valence-corrected chi connectivity index (χ3v) is 1.81. The van der Waals surface area contributed by atoms with Crippen molar-refractivity contribution < 1.29 is 4.48 Å². The van der Waals surface area contributed by atoms with Gasteiger partial charge in [0.05, 0.1) is 5.69 Å². The second-order valence-electron chi connectivity index (χ2n) is 2.68. The molecular weight excluding hydrogens is 145 g/mol. The first-order valence-corrected chi connectivity index (χ1v) is 3.40. The Kier molecular flexibility index (Phi) is 1.81. The first-order valence-electron chi connectivity index (χ1n) is 3.40. The van der Waals surface area contributed by atoms with Crippen LogP contribution in [0.2, 0.25) is 0 Å². The predicted molar refractivity (Wildman–Crippen MR) is 41.4 cm³/mol. The van der Waals surface area contributed by atoms with E-state index in [9.17, 15) is 9.28 Å². The molecule has 0 saturated carbocycles. The maximum absolute atomic E-state index is 12.9. The molecule has 0 aromatic carbocycles. The minimum Gasteiger partial charge on any atom is -0.266 e. The van der Waals surface area contributed by atoms with E-state index in [4.69, 9.17) is 0 Å². The van der Waals surface area contributed by atoms with Crippen molar-refractivity contribution in [3.05, 3.63) is 33.2 Å². The molecular formula is C8H10FNO. The summed E-state index contributed by atoms with van der Waals surface area (Å²) < 4.78 is 12.9. The number of hydrogen-bond acceptors (Lipinski definition) is 1. The van der Waals surface area contributed by atoms with E-state index in [1.807, 2.05) is 0 Å². The third kappa shape index (κ3) is 1.18. The fourth-order valence-corrected chi connectivity index (χ4v) is 0.953. The zero-order valence-electron chi connectivity index (χ0n) is 6.81. The predicted octanol–water partition coefficient (Wildman–Crippen LogP) is 1.51. The second-order valence-corrected chi connectivity index (χ2v) is 2.68. The molecule has 0 bridgehead atoms. The molecule has 11 heavy (non-hydrogen) atoms. The molecule has 0 aliphatic heterocycles. The van der Waals surface area contributed by atoms with Crippen molar-refractivity contribution in [1.29, 1.82) is 0 Å². The molecule has 1 aromatic rings. The van der Waals surface area contributed by atoms with Gasteiger partial charge in [-0.05, 0) is 32.4 Å². The molecule has 0 N–H and O–H groups in total. The van der Waals surface area contributed by atoms with Crippen molar-refractivity contribution in [3.63, 3.8) is 0 Å². The lowest BCUT2D eigenvalue weighted by Crippen LogP contribution is -2.19. The lowest BCUT2D eigenvalue weighted by atomic mass is 10.2. The summed E-state index contributed by atoms with van der Waals surface area (Å²) in [5.41, 5.74) is 1.05. The zero-order valence-corrected chi connectivity index (χ0v) is 6.81. The molecule has 1 rings (SSSR count). The van der Waals surface area contributed by atoms with Gasteiger partial charge in [-0.25, -0.2) is 0 Å². The van der Waals surface area contributed by atoms with E-state index in [0.717, 1.165) is 5.56 Å². The molecule has 2 nitrogen and oxygen atoms in total. The monoisotopic (exact) mass is 155 g/mol. The van der Waals surface area contributed by atoms with E-state index in [1.165, 1.54) is 0 Å². The summed E-state index contributed by atoms with van der Waals surface area (Å²) in [7, 11) is 0. The van der Waals surface area contributed by atoms with Crippen LogP contribution < -0.4 is 5.56 Å². The number of rotatable bonds is 0. The van der Waals surface area contributed by atoms with Crippen molar-refractivity contribution in [1.82, 2.24) is 4.79 Å². The SMILES string of the molecule is Cc1cc(C)c(=O)n(F)c1C. The number of aryl methyl sites for hydroxylation is 2. The van der Waals surface area contributed by atoms with Crippen molar-refractivity contribution in [2.75, 3.05) is 0 Å². The van der Waals surface area contributed by atoms with Gasteiger partial charge in [0.2, 0.25) is 0 Å². The van der Waals surface area contributed by atoms with Crippen molar-refractivity contribution in [2.45, 2.75) is 20.8 Å². The van der Waals surface area contributed by atoms with Crippen LogP contribution in [0.15, 0.2) is 10.9 Å². The van der Waals surface area contributed by atoms with Crippen molar-refractivity contribution >= 4 is 0 Å². The molecule has 1 aromatic heterocycles. The number of pyridine rings is 1. The number of aromatic nitrogens is 1. The Hall–Kier alpha value is -1.12. The smallest absolute Gasteiger partial charge is 0.266 e. The summed E-state index contributed by atoms with van der Waals surface area (Å²) in [5, 5.41) is 0. The Morgan fingerprint density at radius 3 is 2.36 bits per heavy atom. The van der Waals surface area contributed by atoms with Gasteiger partial charge in [0.15, 0.2) is 0 Å². The summed E-state index contributed by atoms with van der Waals surface area (Å²) in [6.07, 6.45) is 0. The van der Waals surface area contributed by atoms with E-state index < -0.39 is 5.56 Å². The molecule has 0 amide bonds.